The Morgan fingerprint density at radius 1 is 0.741 bits per heavy atom. The fourth-order valence-electron chi connectivity index (χ4n) is 3.88. The van der Waals surface area contributed by atoms with E-state index in [4.69, 9.17) is 0 Å². The summed E-state index contributed by atoms with van der Waals surface area (Å²) < 4.78 is 0. The van der Waals surface area contributed by atoms with Gasteiger partial charge in [0.05, 0.1) is 11.3 Å². The van der Waals surface area contributed by atoms with Crippen molar-refractivity contribution < 1.29 is 4.98 Å². The molecular formula is C25H25N2+. The number of hydrogen-bond donors (Lipinski definition) is 0. The van der Waals surface area contributed by atoms with E-state index in [1.54, 1.807) is 0 Å². The van der Waals surface area contributed by atoms with Crippen molar-refractivity contribution in [2.75, 3.05) is 18.0 Å². The summed E-state index contributed by atoms with van der Waals surface area (Å²) in [5, 5.41) is 2.55. The maximum absolute atomic E-state index is 3.32. The molecule has 2 nitrogen and oxygen atoms in total. The zero-order valence-corrected chi connectivity index (χ0v) is 15.9. The van der Waals surface area contributed by atoms with Crippen LogP contribution in [0.15, 0.2) is 85.2 Å². The van der Waals surface area contributed by atoms with Crippen molar-refractivity contribution in [3.8, 4) is 22.3 Å². The Morgan fingerprint density at radius 2 is 1.48 bits per heavy atom. The van der Waals surface area contributed by atoms with Crippen LogP contribution in [0.25, 0.3) is 33.0 Å². The maximum atomic E-state index is 3.32. The van der Waals surface area contributed by atoms with Gasteiger partial charge < -0.3 is 4.90 Å². The molecule has 0 saturated heterocycles. The highest BCUT2D eigenvalue weighted by Gasteiger charge is 2.19. The second-order valence-corrected chi connectivity index (χ2v) is 6.69. The molecule has 27 heavy (non-hydrogen) atoms. The van der Waals surface area contributed by atoms with Crippen LogP contribution >= 0.6 is 0 Å². The van der Waals surface area contributed by atoms with Crippen LogP contribution in [-0.4, -0.2) is 13.1 Å². The van der Waals surface area contributed by atoms with Gasteiger partial charge in [-0.1, -0.05) is 66.7 Å². The van der Waals surface area contributed by atoms with Crippen molar-refractivity contribution in [2.24, 2.45) is 0 Å². The van der Waals surface area contributed by atoms with Crippen LogP contribution in [0, 0.1) is 0 Å². The van der Waals surface area contributed by atoms with Crippen LogP contribution in [0.5, 0.6) is 0 Å². The van der Waals surface area contributed by atoms with Crippen LogP contribution in [0.1, 0.15) is 13.8 Å². The largest absolute Gasteiger partial charge is 0.371 e. The van der Waals surface area contributed by atoms with Crippen molar-refractivity contribution in [1.29, 1.82) is 0 Å². The molecule has 0 atom stereocenters. The summed E-state index contributed by atoms with van der Waals surface area (Å²) in [5.41, 5.74) is 6.32. The molecule has 0 bridgehead atoms. The molecule has 1 N–H and O–H groups in total. The number of nitrogens with one attached hydrogen (secondary N) is 1. The zero-order chi connectivity index (χ0) is 18.6. The van der Waals surface area contributed by atoms with Gasteiger partial charge in [0.25, 0.3) is 0 Å². The monoisotopic (exact) mass is 353 g/mol. The van der Waals surface area contributed by atoms with Crippen molar-refractivity contribution in [3.63, 3.8) is 0 Å². The van der Waals surface area contributed by atoms with E-state index in [2.05, 4.69) is 103 Å². The van der Waals surface area contributed by atoms with E-state index < -0.39 is 0 Å². The number of benzene rings is 3. The maximum Gasteiger partial charge on any atom is 0.177 e. The molecular weight excluding hydrogens is 328 g/mol. The lowest BCUT2D eigenvalue weighted by Gasteiger charge is -2.24. The minimum Gasteiger partial charge on any atom is -0.371 e. The summed E-state index contributed by atoms with van der Waals surface area (Å²) in [5.74, 6) is 0. The standard InChI is InChI=1S/C25H24N2/c1-3-27(4-2)24-16-17-26-18-23(24)25-21-13-9-8-12-20(21)14-15-22(25)19-10-6-5-7-11-19/h5-18H,3-4H2,1-2H3/p+1. The summed E-state index contributed by atoms with van der Waals surface area (Å²) in [6, 6.07) is 26.0. The van der Waals surface area contributed by atoms with E-state index in [9.17, 15) is 0 Å². The van der Waals surface area contributed by atoms with Gasteiger partial charge in [-0.3, -0.25) is 0 Å². The van der Waals surface area contributed by atoms with Crippen molar-refractivity contribution >= 4 is 16.5 Å². The number of anilines is 1. The van der Waals surface area contributed by atoms with Gasteiger partial charge in [0, 0.05) is 24.7 Å². The van der Waals surface area contributed by atoms with E-state index >= 15 is 0 Å². The lowest BCUT2D eigenvalue weighted by molar-refractivity contribution is -0.377. The summed E-state index contributed by atoms with van der Waals surface area (Å²) in [6.07, 6.45) is 4.16. The van der Waals surface area contributed by atoms with Crippen molar-refractivity contribution in [2.45, 2.75) is 13.8 Å². The zero-order valence-electron chi connectivity index (χ0n) is 15.9. The number of pyridine rings is 1. The molecule has 0 radical (unpaired) electrons. The van der Waals surface area contributed by atoms with Crippen molar-refractivity contribution in [1.82, 2.24) is 0 Å². The Labute approximate surface area is 161 Å². The Kier molecular flexibility index (Phi) is 4.88. The fourth-order valence-corrected chi connectivity index (χ4v) is 3.88. The highest BCUT2D eigenvalue weighted by atomic mass is 15.1. The average Bonchev–Trinajstić information content (AvgIpc) is 2.75. The SMILES string of the molecule is CCN(CC)c1cc[nH+]cc1-c1c(-c2ccccc2)ccc2ccccc12. The summed E-state index contributed by atoms with van der Waals surface area (Å²) in [6.45, 7) is 6.40. The number of fused-ring (bicyclic) bond motifs is 1. The fraction of sp³-hybridized carbons (Fsp3) is 0.160. The molecule has 0 aliphatic carbocycles. The third-order valence-corrected chi connectivity index (χ3v) is 5.23. The lowest BCUT2D eigenvalue weighted by atomic mass is 9.89. The highest BCUT2D eigenvalue weighted by molar-refractivity contribution is 6.06. The summed E-state index contributed by atoms with van der Waals surface area (Å²) in [4.78, 5) is 5.74. The number of nitrogens with zero attached hydrogens (tertiary/aromatic N) is 1. The van der Waals surface area contributed by atoms with Gasteiger partial charge >= 0.3 is 0 Å². The number of aromatic amines is 1. The molecule has 2 heteroatoms. The predicted octanol–water partition coefficient (Wildman–Crippen LogP) is 5.83. The van der Waals surface area contributed by atoms with Crippen LogP contribution in [-0.2, 0) is 0 Å². The number of rotatable bonds is 5. The Hall–Kier alpha value is -3.13. The topological polar surface area (TPSA) is 17.4 Å². The minimum absolute atomic E-state index is 0.985. The van der Waals surface area contributed by atoms with E-state index in [0.29, 0.717) is 0 Å². The second-order valence-electron chi connectivity index (χ2n) is 6.69. The molecule has 1 aromatic heterocycles. The third-order valence-electron chi connectivity index (χ3n) is 5.23. The average molecular weight is 353 g/mol. The quantitative estimate of drug-likeness (QED) is 0.441. The molecule has 0 fully saturated rings. The van der Waals surface area contributed by atoms with Gasteiger partial charge in [-0.25, -0.2) is 4.98 Å². The lowest BCUT2D eigenvalue weighted by Crippen LogP contribution is -2.23. The molecule has 4 rings (SSSR count). The Bertz CT molecular complexity index is 1050. The molecule has 134 valence electrons. The van der Waals surface area contributed by atoms with Crippen LogP contribution in [0.4, 0.5) is 5.69 Å². The third kappa shape index (κ3) is 3.19. The first-order valence-electron chi connectivity index (χ1n) is 9.66. The molecule has 0 unspecified atom stereocenters. The van der Waals surface area contributed by atoms with Gasteiger partial charge in [-0.15, -0.1) is 0 Å². The Morgan fingerprint density at radius 3 is 2.26 bits per heavy atom. The van der Waals surface area contributed by atoms with Gasteiger partial charge in [0.2, 0.25) is 0 Å². The van der Waals surface area contributed by atoms with Gasteiger partial charge in [-0.05, 0) is 35.7 Å². The van der Waals surface area contributed by atoms with E-state index in [1.807, 2.05) is 6.20 Å². The minimum atomic E-state index is 0.985. The molecule has 1 heterocycles. The first-order chi connectivity index (χ1) is 13.3. The molecule has 0 aliphatic rings. The van der Waals surface area contributed by atoms with Crippen LogP contribution in [0.2, 0.25) is 0 Å². The van der Waals surface area contributed by atoms with Crippen molar-refractivity contribution in [3.05, 3.63) is 85.2 Å². The first-order valence-corrected chi connectivity index (χ1v) is 9.66. The summed E-state index contributed by atoms with van der Waals surface area (Å²) >= 11 is 0. The smallest absolute Gasteiger partial charge is 0.177 e. The molecule has 3 aromatic carbocycles. The van der Waals surface area contributed by atoms with E-state index in [0.717, 1.165) is 13.1 Å². The molecule has 0 spiro atoms. The van der Waals surface area contributed by atoms with E-state index in [-0.39, 0.29) is 0 Å². The normalized spacial score (nSPS) is 10.9. The molecule has 0 saturated carbocycles. The predicted molar refractivity (Wildman–Crippen MR) is 115 cm³/mol. The van der Waals surface area contributed by atoms with E-state index in [1.165, 1.54) is 38.7 Å². The highest BCUT2D eigenvalue weighted by Crippen LogP contribution is 2.41. The number of aromatic nitrogens is 1. The van der Waals surface area contributed by atoms with Crippen LogP contribution < -0.4 is 9.88 Å². The molecule has 0 aliphatic heterocycles. The number of hydrogen-bond acceptors (Lipinski definition) is 1. The number of H-pyrrole nitrogens is 1. The van der Waals surface area contributed by atoms with Gasteiger partial charge in [0.15, 0.2) is 12.4 Å². The Balaban J connectivity index is 2.07. The second kappa shape index (κ2) is 7.63. The van der Waals surface area contributed by atoms with Gasteiger partial charge in [-0.2, -0.15) is 0 Å². The van der Waals surface area contributed by atoms with Gasteiger partial charge in [0.1, 0.15) is 0 Å². The van der Waals surface area contributed by atoms with Crippen LogP contribution in [0.3, 0.4) is 0 Å². The molecule has 4 aromatic rings. The summed E-state index contributed by atoms with van der Waals surface area (Å²) in [7, 11) is 0. The molecule has 0 amide bonds. The first kappa shape index (κ1) is 17.3.